The zero-order valence-electron chi connectivity index (χ0n) is 15.5. The van der Waals surface area contributed by atoms with Crippen LogP contribution in [0.25, 0.3) is 21.9 Å². The molecule has 0 aliphatic rings. The Bertz CT molecular complexity index is 1390. The molecule has 4 rings (SSSR count). The quantitative estimate of drug-likeness (QED) is 0.402. The van der Waals surface area contributed by atoms with Crippen LogP contribution >= 0.6 is 0 Å². The number of carbonyl (C=O) groups excluding carboxylic acids is 1. The smallest absolute Gasteiger partial charge is 0.360 e. The first-order valence-electron chi connectivity index (χ1n) is 8.74. The Morgan fingerprint density at radius 2 is 1.72 bits per heavy atom. The van der Waals surface area contributed by atoms with Crippen LogP contribution in [-0.2, 0) is 6.54 Å². The molecule has 0 aliphatic carbocycles. The number of primary amides is 1. The van der Waals surface area contributed by atoms with Crippen molar-refractivity contribution in [2.75, 3.05) is 17.7 Å². The van der Waals surface area contributed by atoms with E-state index in [1.807, 2.05) is 0 Å². The minimum atomic E-state index is -0.767. The molecule has 4 N–H and O–H groups in total. The number of anilines is 2. The van der Waals surface area contributed by atoms with Crippen LogP contribution in [0.2, 0.25) is 0 Å². The largest absolute Gasteiger partial charge is 0.422 e. The van der Waals surface area contributed by atoms with Crippen LogP contribution in [-0.4, -0.2) is 13.0 Å². The van der Waals surface area contributed by atoms with Crippen molar-refractivity contribution in [2.24, 2.45) is 5.73 Å². The molecular formula is C21H17N3O5. The van der Waals surface area contributed by atoms with Gasteiger partial charge >= 0.3 is 11.3 Å². The van der Waals surface area contributed by atoms with Crippen LogP contribution in [0.15, 0.2) is 67.0 Å². The van der Waals surface area contributed by atoms with Crippen LogP contribution in [0.1, 0.15) is 15.9 Å². The van der Waals surface area contributed by atoms with Gasteiger partial charge in [-0.25, -0.2) is 9.59 Å². The van der Waals surface area contributed by atoms with Crippen molar-refractivity contribution >= 4 is 39.2 Å². The zero-order chi connectivity index (χ0) is 20.7. The summed E-state index contributed by atoms with van der Waals surface area (Å²) in [5.41, 5.74) is 11.4. The summed E-state index contributed by atoms with van der Waals surface area (Å²) in [6.45, 7) is 0.00598. The SMILES string of the molecule is CN(Cc1cc2ccc(N)cc2oc1=O)c1c(C(N)=O)c2ccccc2oc1=O. The predicted molar refractivity (Wildman–Crippen MR) is 110 cm³/mol. The monoisotopic (exact) mass is 391 g/mol. The van der Waals surface area contributed by atoms with E-state index in [2.05, 4.69) is 0 Å². The molecule has 0 saturated carbocycles. The van der Waals surface area contributed by atoms with E-state index in [1.165, 1.54) is 4.90 Å². The lowest BCUT2D eigenvalue weighted by molar-refractivity contribution is 0.100. The Morgan fingerprint density at radius 3 is 2.48 bits per heavy atom. The van der Waals surface area contributed by atoms with Gasteiger partial charge < -0.3 is 25.2 Å². The Kier molecular flexibility index (Phi) is 4.31. The highest BCUT2D eigenvalue weighted by atomic mass is 16.4. The number of hydrogen-bond acceptors (Lipinski definition) is 7. The number of rotatable bonds is 4. The van der Waals surface area contributed by atoms with E-state index in [9.17, 15) is 14.4 Å². The van der Waals surface area contributed by atoms with E-state index in [0.717, 1.165) is 0 Å². The highest BCUT2D eigenvalue weighted by Crippen LogP contribution is 2.26. The van der Waals surface area contributed by atoms with E-state index in [0.29, 0.717) is 27.6 Å². The average molecular weight is 391 g/mol. The lowest BCUT2D eigenvalue weighted by atomic mass is 10.1. The molecule has 0 bridgehead atoms. The zero-order valence-corrected chi connectivity index (χ0v) is 15.5. The molecule has 2 heterocycles. The van der Waals surface area contributed by atoms with Gasteiger partial charge in [0.05, 0.1) is 17.7 Å². The number of para-hydroxylation sites is 1. The molecular weight excluding hydrogens is 374 g/mol. The minimum absolute atomic E-state index is 0.00598. The third-order valence-corrected chi connectivity index (χ3v) is 4.66. The lowest BCUT2D eigenvalue weighted by Gasteiger charge is -2.20. The fraction of sp³-hybridized carbons (Fsp3) is 0.0952. The number of benzene rings is 2. The summed E-state index contributed by atoms with van der Waals surface area (Å²) in [5.74, 6) is -0.767. The number of amides is 1. The summed E-state index contributed by atoms with van der Waals surface area (Å²) >= 11 is 0. The van der Waals surface area contributed by atoms with Crippen LogP contribution in [0.5, 0.6) is 0 Å². The molecule has 0 fully saturated rings. The summed E-state index contributed by atoms with van der Waals surface area (Å²) in [6.07, 6.45) is 0. The fourth-order valence-electron chi connectivity index (χ4n) is 3.35. The van der Waals surface area contributed by atoms with Gasteiger partial charge in [-0.2, -0.15) is 0 Å². The first kappa shape index (κ1) is 18.3. The van der Waals surface area contributed by atoms with Gasteiger partial charge in [0.15, 0.2) is 0 Å². The maximum atomic E-state index is 12.6. The average Bonchev–Trinajstić information content (AvgIpc) is 2.67. The Labute approximate surface area is 163 Å². The molecule has 4 aromatic rings. The topological polar surface area (TPSA) is 133 Å². The molecule has 146 valence electrons. The van der Waals surface area contributed by atoms with Crippen LogP contribution in [0.3, 0.4) is 0 Å². The summed E-state index contributed by atoms with van der Waals surface area (Å²) in [4.78, 5) is 38.6. The summed E-state index contributed by atoms with van der Waals surface area (Å²) in [5, 5.41) is 1.10. The number of nitrogens with two attached hydrogens (primary N) is 2. The van der Waals surface area contributed by atoms with Gasteiger partial charge in [-0.3, -0.25) is 4.79 Å². The molecule has 0 spiro atoms. The Hall–Kier alpha value is -4.07. The van der Waals surface area contributed by atoms with Gasteiger partial charge in [-0.1, -0.05) is 18.2 Å². The normalized spacial score (nSPS) is 11.1. The fourth-order valence-corrected chi connectivity index (χ4v) is 3.35. The first-order valence-corrected chi connectivity index (χ1v) is 8.74. The van der Waals surface area contributed by atoms with E-state index in [1.54, 1.807) is 55.6 Å². The number of fused-ring (bicyclic) bond motifs is 2. The summed E-state index contributed by atoms with van der Waals surface area (Å²) in [6, 6.07) is 13.3. The van der Waals surface area contributed by atoms with Crippen molar-refractivity contribution in [3.63, 3.8) is 0 Å². The third-order valence-electron chi connectivity index (χ3n) is 4.66. The molecule has 8 nitrogen and oxygen atoms in total. The van der Waals surface area contributed by atoms with Gasteiger partial charge in [0, 0.05) is 29.6 Å². The Morgan fingerprint density at radius 1 is 1.00 bits per heavy atom. The second-order valence-corrected chi connectivity index (χ2v) is 6.69. The minimum Gasteiger partial charge on any atom is -0.422 e. The van der Waals surface area contributed by atoms with Crippen molar-refractivity contribution in [2.45, 2.75) is 6.54 Å². The molecule has 0 saturated heterocycles. The van der Waals surface area contributed by atoms with Crippen molar-refractivity contribution in [3.8, 4) is 0 Å². The molecule has 0 aliphatic heterocycles. The maximum absolute atomic E-state index is 12.6. The molecule has 0 unspecified atom stereocenters. The van der Waals surface area contributed by atoms with E-state index < -0.39 is 17.2 Å². The molecule has 2 aromatic heterocycles. The molecule has 8 heteroatoms. The molecule has 0 radical (unpaired) electrons. The molecule has 29 heavy (non-hydrogen) atoms. The van der Waals surface area contributed by atoms with Crippen molar-refractivity contribution in [3.05, 3.63) is 80.5 Å². The van der Waals surface area contributed by atoms with Gasteiger partial charge in [0.25, 0.3) is 5.91 Å². The van der Waals surface area contributed by atoms with Crippen LogP contribution in [0.4, 0.5) is 11.4 Å². The molecule has 2 aromatic carbocycles. The molecule has 1 amide bonds. The van der Waals surface area contributed by atoms with Crippen LogP contribution in [0, 0.1) is 0 Å². The van der Waals surface area contributed by atoms with Crippen molar-refractivity contribution < 1.29 is 13.6 Å². The molecule has 0 atom stereocenters. The number of nitrogen functional groups attached to an aromatic ring is 1. The second-order valence-electron chi connectivity index (χ2n) is 6.69. The third kappa shape index (κ3) is 3.20. The van der Waals surface area contributed by atoms with Gasteiger partial charge in [0.1, 0.15) is 16.9 Å². The van der Waals surface area contributed by atoms with Gasteiger partial charge in [-0.05, 0) is 24.3 Å². The predicted octanol–water partition coefficient (Wildman–Crippen LogP) is 2.22. The van der Waals surface area contributed by atoms with E-state index in [4.69, 9.17) is 20.3 Å². The van der Waals surface area contributed by atoms with Crippen molar-refractivity contribution in [1.29, 1.82) is 0 Å². The van der Waals surface area contributed by atoms with Crippen molar-refractivity contribution in [1.82, 2.24) is 0 Å². The number of hydrogen-bond donors (Lipinski definition) is 2. The highest BCUT2D eigenvalue weighted by Gasteiger charge is 2.22. The maximum Gasteiger partial charge on any atom is 0.360 e. The lowest BCUT2D eigenvalue weighted by Crippen LogP contribution is -2.29. The first-order chi connectivity index (χ1) is 13.8. The van der Waals surface area contributed by atoms with E-state index in [-0.39, 0.29) is 23.4 Å². The standard InChI is InChI=1S/C21H17N3O5/c1-24(10-12-8-11-6-7-13(22)9-16(11)29-20(12)26)18-17(19(23)25)14-4-2-3-5-15(14)28-21(18)27/h2-9H,10,22H2,1H3,(H2,23,25). The Balaban J connectivity index is 1.83. The van der Waals surface area contributed by atoms with Crippen LogP contribution < -0.4 is 27.6 Å². The summed E-state index contributed by atoms with van der Waals surface area (Å²) < 4.78 is 10.7. The summed E-state index contributed by atoms with van der Waals surface area (Å²) in [7, 11) is 1.57. The van der Waals surface area contributed by atoms with E-state index >= 15 is 0 Å². The second kappa shape index (κ2) is 6.83. The van der Waals surface area contributed by atoms with Gasteiger partial charge in [0.2, 0.25) is 0 Å². The number of nitrogens with zero attached hydrogens (tertiary/aromatic N) is 1. The highest BCUT2D eigenvalue weighted by molar-refractivity contribution is 6.09. The number of carbonyl (C=O) groups is 1. The van der Waals surface area contributed by atoms with Gasteiger partial charge in [-0.15, -0.1) is 0 Å².